The van der Waals surface area contributed by atoms with E-state index in [4.69, 9.17) is 10.8 Å². The van der Waals surface area contributed by atoms with Crippen molar-refractivity contribution in [2.45, 2.75) is 206 Å². The minimum atomic E-state index is -1.43. The number of hydrogen-bond acceptors (Lipinski definition) is 14. The van der Waals surface area contributed by atoms with Gasteiger partial charge in [0.15, 0.2) is 0 Å². The highest BCUT2D eigenvalue weighted by Crippen LogP contribution is 2.26. The Labute approximate surface area is 478 Å². The normalized spacial score (nSPS) is 21.7. The van der Waals surface area contributed by atoms with Gasteiger partial charge in [-0.05, 0) is 104 Å². The van der Waals surface area contributed by atoms with E-state index in [0.29, 0.717) is 64.3 Å². The van der Waals surface area contributed by atoms with Gasteiger partial charge in [-0.25, -0.2) is 0 Å². The molecule has 0 aliphatic carbocycles. The Morgan fingerprint density at radius 1 is 0.488 bits per heavy atom. The van der Waals surface area contributed by atoms with E-state index >= 15 is 0 Å². The molecule has 0 bridgehead atoms. The number of primary amides is 1. The number of carboxylic acids is 1. The summed E-state index contributed by atoms with van der Waals surface area (Å²) in [5.74, 6) is -10.3. The number of carbonyl (C=O) groups is 14. The van der Waals surface area contributed by atoms with E-state index in [0.717, 1.165) is 6.92 Å². The molecule has 0 saturated carbocycles. The quantitative estimate of drug-likeness (QED) is 0.0399. The summed E-state index contributed by atoms with van der Waals surface area (Å²) in [4.78, 5) is 188. The van der Waals surface area contributed by atoms with E-state index in [1.807, 2.05) is 0 Å². The highest BCUT2D eigenvalue weighted by atomic mass is 16.4. The number of rotatable bonds is 27. The molecule has 4 aliphatic heterocycles. The topological polar surface area (TPSA) is 394 Å². The summed E-state index contributed by atoms with van der Waals surface area (Å²) < 4.78 is 0. The Kier molecular flexibility index (Phi) is 25.0. The van der Waals surface area contributed by atoms with Crippen molar-refractivity contribution < 1.29 is 72.2 Å². The van der Waals surface area contributed by atoms with Crippen LogP contribution in [-0.2, 0) is 67.1 Å². The average Bonchev–Trinajstić information content (AvgIpc) is 4.27. The molecule has 458 valence electrons. The predicted octanol–water partition coefficient (Wildman–Crippen LogP) is -2.75. The molecule has 0 aromatic heterocycles. The molecule has 0 aromatic rings. The molecule has 11 N–H and O–H groups in total. The fourth-order valence-electron chi connectivity index (χ4n) is 10.8. The van der Waals surface area contributed by atoms with Crippen LogP contribution >= 0.6 is 0 Å². The highest BCUT2D eigenvalue weighted by molar-refractivity contribution is 5.99. The first-order valence-electron chi connectivity index (χ1n) is 28.5. The number of amides is 13. The zero-order chi connectivity index (χ0) is 61.4. The van der Waals surface area contributed by atoms with Crippen molar-refractivity contribution in [1.29, 1.82) is 0 Å². The smallest absolute Gasteiger partial charge is 0.305 e. The average molecular weight is 1160 g/mol. The Balaban J connectivity index is 1.21. The van der Waals surface area contributed by atoms with Gasteiger partial charge in [0, 0.05) is 45.1 Å². The van der Waals surface area contributed by atoms with Crippen molar-refractivity contribution >= 4 is 82.8 Å². The van der Waals surface area contributed by atoms with Gasteiger partial charge in [0.25, 0.3) is 0 Å². The maximum absolute atomic E-state index is 13.9. The molecule has 0 unspecified atom stereocenters. The maximum atomic E-state index is 13.9. The summed E-state index contributed by atoms with van der Waals surface area (Å²) in [5.41, 5.74) is 5.49. The molecular formula is C54H87N13O15. The van der Waals surface area contributed by atoms with Gasteiger partial charge in [-0.1, -0.05) is 34.6 Å². The maximum Gasteiger partial charge on any atom is 0.305 e. The van der Waals surface area contributed by atoms with Crippen molar-refractivity contribution in [3.8, 4) is 0 Å². The fraction of sp³-hybridized carbons (Fsp3) is 0.741. The number of nitrogens with two attached hydrogens (primary N) is 1. The van der Waals surface area contributed by atoms with E-state index in [9.17, 15) is 67.1 Å². The lowest BCUT2D eigenvalue weighted by Gasteiger charge is -2.32. The SMILES string of the molecule is CC(=O)N[C@@H](CC(=O)O)C(=O)N[C@@H](C)C(=O)N1CCC[C@@H]1C(=O)N[C@@H](C)C(=O)N[C@@H](C)C(=O)N1CCC[C@H]1CC[C@@H](C)C(=O)NCC(=O)N1CCC[C@@H]1C(=O)N[C@@H](C)C(=O)N[C@H](C(=O)N1CCC[C@H]1C(=O)N[C@H](C(N)=O)C(C)C)C(C)C. The Bertz CT molecular complexity index is 2410. The zero-order valence-electron chi connectivity index (χ0n) is 48.9. The van der Waals surface area contributed by atoms with Crippen molar-refractivity contribution in [1.82, 2.24) is 62.1 Å². The van der Waals surface area contributed by atoms with E-state index in [-0.39, 0.29) is 43.9 Å². The van der Waals surface area contributed by atoms with Crippen LogP contribution in [0, 0.1) is 17.8 Å². The zero-order valence-corrected chi connectivity index (χ0v) is 48.9. The second-order valence-corrected chi connectivity index (χ2v) is 22.8. The van der Waals surface area contributed by atoms with Crippen LogP contribution in [0.2, 0.25) is 0 Å². The van der Waals surface area contributed by atoms with Crippen molar-refractivity contribution in [2.75, 3.05) is 32.7 Å². The third kappa shape index (κ3) is 18.3. The molecule has 0 radical (unpaired) electrons. The number of hydrogen-bond donors (Lipinski definition) is 10. The van der Waals surface area contributed by atoms with Gasteiger partial charge in [0.05, 0.1) is 13.0 Å². The number of carbonyl (C=O) groups excluding carboxylic acids is 13. The Hall–Kier alpha value is -7.42. The molecule has 28 heteroatoms. The molecule has 13 amide bonds. The van der Waals surface area contributed by atoms with Gasteiger partial charge in [-0.2, -0.15) is 0 Å². The van der Waals surface area contributed by atoms with Crippen LogP contribution in [0.5, 0.6) is 0 Å². The van der Waals surface area contributed by atoms with E-state index in [2.05, 4.69) is 42.5 Å². The van der Waals surface area contributed by atoms with Gasteiger partial charge in [0.1, 0.15) is 60.4 Å². The van der Waals surface area contributed by atoms with Crippen LogP contribution < -0.4 is 48.3 Å². The summed E-state index contributed by atoms with van der Waals surface area (Å²) in [7, 11) is 0. The van der Waals surface area contributed by atoms with Gasteiger partial charge in [-0.15, -0.1) is 0 Å². The molecule has 4 heterocycles. The first-order chi connectivity index (χ1) is 38.4. The summed E-state index contributed by atoms with van der Waals surface area (Å²) in [6.07, 6.45) is 3.80. The first-order valence-corrected chi connectivity index (χ1v) is 28.5. The van der Waals surface area contributed by atoms with Crippen LogP contribution in [-0.4, -0.2) is 207 Å². The van der Waals surface area contributed by atoms with E-state index < -0.39 is 162 Å². The number of nitrogens with one attached hydrogen (secondary N) is 8. The summed E-state index contributed by atoms with van der Waals surface area (Å²) >= 11 is 0. The second-order valence-electron chi connectivity index (χ2n) is 22.8. The number of carboxylic acid groups (broad SMARTS) is 1. The first kappa shape index (κ1) is 67.1. The lowest BCUT2D eigenvalue weighted by Crippen LogP contribution is -2.59. The van der Waals surface area contributed by atoms with Gasteiger partial charge in [-0.3, -0.25) is 67.1 Å². The standard InChI is InChI=1S/C54H87N13O15/c1-27(2)42(44(55)72)62-51(79)39-18-14-24-67(39)54(82)43(28(3)4)63-47(75)31(7)58-49(77)37-16-12-22-65(37)40(69)26-56-45(73)29(5)19-20-35-15-11-21-64(35)52(80)32(8)59-46(74)30(6)57-50(78)38-17-13-23-66(38)53(81)33(9)60-48(76)36(25-41(70)71)61-34(10)68/h27-33,35-39,42-43H,11-26H2,1-10H3,(H2,55,72)(H,56,73)(H,57,78)(H,58,77)(H,59,74)(H,60,76)(H,61,68)(H,62,79)(H,63,75)(H,70,71)/t29-,30+,31+,32+,33+,35+,36+,37-,38-,39+,42+,43+/m1/s1. The molecule has 4 saturated heterocycles. The molecule has 0 spiro atoms. The van der Waals surface area contributed by atoms with Crippen molar-refractivity contribution in [3.63, 3.8) is 0 Å². The Morgan fingerprint density at radius 3 is 1.43 bits per heavy atom. The molecule has 4 fully saturated rings. The second kappa shape index (κ2) is 30.6. The van der Waals surface area contributed by atoms with Gasteiger partial charge >= 0.3 is 5.97 Å². The van der Waals surface area contributed by atoms with Crippen LogP contribution in [0.15, 0.2) is 0 Å². The monoisotopic (exact) mass is 1160 g/mol. The Morgan fingerprint density at radius 2 is 0.927 bits per heavy atom. The minimum absolute atomic E-state index is 0.170. The molecule has 28 nitrogen and oxygen atoms in total. The van der Waals surface area contributed by atoms with Crippen molar-refractivity contribution in [3.05, 3.63) is 0 Å². The number of nitrogens with zero attached hydrogens (tertiary/aromatic N) is 4. The molecule has 4 aliphatic rings. The molecule has 0 aromatic carbocycles. The third-order valence-corrected chi connectivity index (χ3v) is 15.5. The summed E-state index contributed by atoms with van der Waals surface area (Å²) in [5, 5.41) is 29.8. The highest BCUT2D eigenvalue weighted by Gasteiger charge is 2.43. The largest absolute Gasteiger partial charge is 0.481 e. The van der Waals surface area contributed by atoms with Gasteiger partial charge < -0.3 is 73.0 Å². The molecule has 82 heavy (non-hydrogen) atoms. The van der Waals surface area contributed by atoms with Crippen LogP contribution in [0.4, 0.5) is 0 Å². The van der Waals surface area contributed by atoms with Gasteiger partial charge in [0.2, 0.25) is 76.8 Å². The van der Waals surface area contributed by atoms with Crippen molar-refractivity contribution in [2.24, 2.45) is 23.5 Å². The molecule has 12 atom stereocenters. The lowest BCUT2D eigenvalue weighted by molar-refractivity contribution is -0.143. The number of aliphatic carboxylic acids is 1. The van der Waals surface area contributed by atoms with E-state index in [1.54, 1.807) is 39.5 Å². The van der Waals surface area contributed by atoms with E-state index in [1.165, 1.54) is 42.4 Å². The molecule has 4 rings (SSSR count). The van der Waals surface area contributed by atoms with Crippen LogP contribution in [0.1, 0.15) is 140 Å². The summed E-state index contributed by atoms with van der Waals surface area (Å²) in [6.45, 7) is 16.2. The third-order valence-electron chi connectivity index (χ3n) is 15.5. The predicted molar refractivity (Wildman–Crippen MR) is 293 cm³/mol. The number of likely N-dealkylation sites (tertiary alicyclic amines) is 4. The lowest BCUT2D eigenvalue weighted by atomic mass is 9.99. The fourth-order valence-corrected chi connectivity index (χ4v) is 10.8. The summed E-state index contributed by atoms with van der Waals surface area (Å²) in [6, 6.07) is -10.9. The van der Waals surface area contributed by atoms with Crippen LogP contribution in [0.3, 0.4) is 0 Å². The minimum Gasteiger partial charge on any atom is -0.481 e. The van der Waals surface area contributed by atoms with Crippen LogP contribution in [0.25, 0.3) is 0 Å². The molecular weight excluding hydrogens is 1070 g/mol.